The highest BCUT2D eigenvalue weighted by molar-refractivity contribution is 8.00. The minimum Gasteiger partial charge on any atom is -0.315 e. The molecule has 16 heavy (non-hydrogen) atoms. The molecule has 0 aromatic carbocycles. The molecule has 0 fully saturated rings. The van der Waals surface area contributed by atoms with E-state index in [1.54, 1.807) is 11.8 Å². The zero-order chi connectivity index (χ0) is 12.0. The van der Waals surface area contributed by atoms with E-state index < -0.39 is 9.84 Å². The number of sulfone groups is 1. The molecule has 8 heteroatoms. The Morgan fingerprint density at radius 2 is 2.19 bits per heavy atom. The molecule has 0 aliphatic carbocycles. The Labute approximate surface area is 104 Å². The minimum absolute atomic E-state index is 0.190. The van der Waals surface area contributed by atoms with Gasteiger partial charge in [-0.1, -0.05) is 11.8 Å². The first-order valence-electron chi connectivity index (χ1n) is 4.79. The molecule has 0 unspecified atom stereocenters. The largest absolute Gasteiger partial charge is 0.315 e. The maximum absolute atomic E-state index is 10.8. The number of aromatic nitrogens is 2. The maximum atomic E-state index is 10.8. The van der Waals surface area contributed by atoms with Crippen LogP contribution in [0.1, 0.15) is 5.82 Å². The molecule has 92 valence electrons. The van der Waals surface area contributed by atoms with E-state index in [0.717, 1.165) is 22.5 Å². The van der Waals surface area contributed by atoms with Crippen molar-refractivity contribution < 1.29 is 8.42 Å². The molecule has 0 bridgehead atoms. The van der Waals surface area contributed by atoms with Gasteiger partial charge in [0.05, 0.1) is 5.75 Å². The van der Waals surface area contributed by atoms with Crippen LogP contribution >= 0.6 is 23.3 Å². The molecule has 1 N–H and O–H groups in total. The van der Waals surface area contributed by atoms with E-state index >= 15 is 0 Å². The van der Waals surface area contributed by atoms with Crippen LogP contribution in [0.5, 0.6) is 0 Å². The summed E-state index contributed by atoms with van der Waals surface area (Å²) in [4.78, 5) is 4.21. The molecule has 0 atom stereocenters. The Morgan fingerprint density at radius 1 is 1.44 bits per heavy atom. The molecule has 0 saturated carbocycles. The summed E-state index contributed by atoms with van der Waals surface area (Å²) < 4.78 is 26.7. The van der Waals surface area contributed by atoms with Crippen molar-refractivity contribution in [3.63, 3.8) is 0 Å². The van der Waals surface area contributed by atoms with Crippen molar-refractivity contribution in [2.75, 3.05) is 30.9 Å². The lowest BCUT2D eigenvalue weighted by Gasteiger charge is -2.01. The quantitative estimate of drug-likeness (QED) is 0.582. The van der Waals surface area contributed by atoms with Crippen LogP contribution < -0.4 is 5.32 Å². The fourth-order valence-corrected chi connectivity index (χ4v) is 3.06. The average molecular weight is 281 g/mol. The Balaban J connectivity index is 2.04. The van der Waals surface area contributed by atoms with E-state index in [1.165, 1.54) is 17.8 Å². The molecule has 0 aliphatic heterocycles. The van der Waals surface area contributed by atoms with Gasteiger partial charge in [0.1, 0.15) is 15.7 Å². The Bertz CT molecular complexity index is 416. The van der Waals surface area contributed by atoms with Gasteiger partial charge in [0.2, 0.25) is 0 Å². The first-order chi connectivity index (χ1) is 7.47. The van der Waals surface area contributed by atoms with Gasteiger partial charge in [-0.05, 0) is 18.5 Å². The zero-order valence-corrected chi connectivity index (χ0v) is 11.7. The molecule has 5 nitrogen and oxygen atoms in total. The molecule has 1 aromatic rings. The van der Waals surface area contributed by atoms with Gasteiger partial charge in [-0.3, -0.25) is 0 Å². The van der Waals surface area contributed by atoms with Gasteiger partial charge >= 0.3 is 0 Å². The standard InChI is InChI=1S/C8H15N3O2S3/c1-7-10-8(15-11-7)14-5-3-9-4-6-16(2,12)13/h9H,3-6H2,1-2H3. The number of hydrogen-bond donors (Lipinski definition) is 1. The number of thioether (sulfide) groups is 1. The van der Waals surface area contributed by atoms with Crippen LogP contribution in [0, 0.1) is 6.92 Å². The van der Waals surface area contributed by atoms with Crippen molar-refractivity contribution in [1.29, 1.82) is 0 Å². The highest BCUT2D eigenvalue weighted by Crippen LogP contribution is 2.18. The SMILES string of the molecule is Cc1nsc(SCCNCCS(C)(=O)=O)n1. The second-order valence-electron chi connectivity index (χ2n) is 3.34. The van der Waals surface area contributed by atoms with Crippen LogP contribution in [0.25, 0.3) is 0 Å². The van der Waals surface area contributed by atoms with E-state index in [1.807, 2.05) is 6.92 Å². The lowest BCUT2D eigenvalue weighted by atomic mass is 10.7. The lowest BCUT2D eigenvalue weighted by Crippen LogP contribution is -2.24. The van der Waals surface area contributed by atoms with Crippen molar-refractivity contribution in [1.82, 2.24) is 14.7 Å². The summed E-state index contributed by atoms with van der Waals surface area (Å²) in [5.41, 5.74) is 0. The monoisotopic (exact) mass is 281 g/mol. The van der Waals surface area contributed by atoms with Gasteiger partial charge in [-0.15, -0.1) is 0 Å². The van der Waals surface area contributed by atoms with Crippen LogP contribution in [0.15, 0.2) is 4.34 Å². The molecular formula is C8H15N3O2S3. The predicted octanol–water partition coefficient (Wildman–Crippen LogP) is 0.573. The Hall–Kier alpha value is -0.180. The maximum Gasteiger partial charge on any atom is 0.170 e. The number of aryl methyl sites for hydroxylation is 1. The van der Waals surface area contributed by atoms with Gasteiger partial charge in [-0.2, -0.15) is 4.37 Å². The molecule has 0 radical (unpaired) electrons. The van der Waals surface area contributed by atoms with E-state index in [2.05, 4.69) is 14.7 Å². The number of hydrogen-bond acceptors (Lipinski definition) is 7. The zero-order valence-electron chi connectivity index (χ0n) is 9.26. The van der Waals surface area contributed by atoms with Gasteiger partial charge < -0.3 is 5.32 Å². The fraction of sp³-hybridized carbons (Fsp3) is 0.750. The summed E-state index contributed by atoms with van der Waals surface area (Å²) in [6, 6.07) is 0. The van der Waals surface area contributed by atoms with Crippen LogP contribution in [-0.4, -0.2) is 48.6 Å². The third-order valence-electron chi connectivity index (χ3n) is 1.66. The Morgan fingerprint density at radius 3 is 2.75 bits per heavy atom. The molecular weight excluding hydrogens is 266 g/mol. The Kier molecular flexibility index (Phi) is 5.67. The van der Waals surface area contributed by atoms with Crippen molar-refractivity contribution >= 4 is 33.1 Å². The summed E-state index contributed by atoms with van der Waals surface area (Å²) >= 11 is 3.03. The molecule has 0 saturated heterocycles. The highest BCUT2D eigenvalue weighted by atomic mass is 32.2. The lowest BCUT2D eigenvalue weighted by molar-refractivity contribution is 0.598. The molecule has 0 amide bonds. The molecule has 1 aromatic heterocycles. The van der Waals surface area contributed by atoms with E-state index in [9.17, 15) is 8.42 Å². The highest BCUT2D eigenvalue weighted by Gasteiger charge is 2.02. The number of nitrogens with zero attached hydrogens (tertiary/aromatic N) is 2. The van der Waals surface area contributed by atoms with Crippen LogP contribution in [-0.2, 0) is 9.84 Å². The second-order valence-corrected chi connectivity index (χ2v) is 7.69. The van der Waals surface area contributed by atoms with E-state index in [0.29, 0.717) is 6.54 Å². The second kappa shape index (κ2) is 6.53. The van der Waals surface area contributed by atoms with Gasteiger partial charge in [0, 0.05) is 25.1 Å². The van der Waals surface area contributed by atoms with Crippen LogP contribution in [0.3, 0.4) is 0 Å². The van der Waals surface area contributed by atoms with Gasteiger partial charge in [-0.25, -0.2) is 13.4 Å². The van der Waals surface area contributed by atoms with Crippen LogP contribution in [0.4, 0.5) is 0 Å². The van der Waals surface area contributed by atoms with Crippen molar-refractivity contribution in [2.24, 2.45) is 0 Å². The summed E-state index contributed by atoms with van der Waals surface area (Å²) in [5.74, 6) is 1.87. The first-order valence-corrected chi connectivity index (χ1v) is 8.61. The fourth-order valence-electron chi connectivity index (χ4n) is 0.930. The van der Waals surface area contributed by atoms with Crippen LogP contribution in [0.2, 0.25) is 0 Å². The molecule has 1 heterocycles. The summed E-state index contributed by atoms with van der Waals surface area (Å²) in [6.07, 6.45) is 1.24. The summed E-state index contributed by atoms with van der Waals surface area (Å²) in [6.45, 7) is 3.15. The van der Waals surface area contributed by atoms with E-state index in [4.69, 9.17) is 0 Å². The van der Waals surface area contributed by atoms with Gasteiger partial charge in [0.15, 0.2) is 4.34 Å². The summed E-state index contributed by atoms with van der Waals surface area (Å²) in [7, 11) is -2.85. The number of rotatable bonds is 7. The van der Waals surface area contributed by atoms with E-state index in [-0.39, 0.29) is 5.75 Å². The van der Waals surface area contributed by atoms with Gasteiger partial charge in [0.25, 0.3) is 0 Å². The van der Waals surface area contributed by atoms with Crippen molar-refractivity contribution in [3.8, 4) is 0 Å². The van der Waals surface area contributed by atoms with Crippen molar-refractivity contribution in [2.45, 2.75) is 11.3 Å². The summed E-state index contributed by atoms with van der Waals surface area (Å²) in [5, 5.41) is 3.08. The minimum atomic E-state index is -2.85. The molecule has 1 rings (SSSR count). The smallest absolute Gasteiger partial charge is 0.170 e. The average Bonchev–Trinajstić information content (AvgIpc) is 2.56. The van der Waals surface area contributed by atoms with Crippen molar-refractivity contribution in [3.05, 3.63) is 5.82 Å². The molecule has 0 aliphatic rings. The first kappa shape index (κ1) is 13.9. The molecule has 0 spiro atoms. The topological polar surface area (TPSA) is 72.0 Å². The normalized spacial score (nSPS) is 11.9. The number of nitrogens with one attached hydrogen (secondary N) is 1. The predicted molar refractivity (Wildman–Crippen MR) is 68.0 cm³/mol. The third-order valence-corrected chi connectivity index (χ3v) is 4.54. The third kappa shape index (κ3) is 6.41.